The highest BCUT2D eigenvalue weighted by atomic mass is 16.5. The molecular weight excluding hydrogens is 286 g/mol. The molecule has 0 aliphatic carbocycles. The second kappa shape index (κ2) is 7.23. The molecule has 1 heterocycles. The molecule has 0 fully saturated rings. The Labute approximate surface area is 138 Å². The predicted molar refractivity (Wildman–Crippen MR) is 95.4 cm³/mol. The van der Waals surface area contributed by atoms with E-state index in [4.69, 9.17) is 9.47 Å². The van der Waals surface area contributed by atoms with Crippen molar-refractivity contribution in [1.82, 2.24) is 0 Å². The Balaban J connectivity index is 1.55. The van der Waals surface area contributed by atoms with Gasteiger partial charge in [-0.25, -0.2) is 0 Å². The van der Waals surface area contributed by atoms with E-state index in [-0.39, 0.29) is 0 Å². The van der Waals surface area contributed by atoms with Gasteiger partial charge in [0.2, 0.25) is 0 Å². The fourth-order valence-corrected chi connectivity index (χ4v) is 2.73. The van der Waals surface area contributed by atoms with Gasteiger partial charge in [-0.3, -0.25) is 0 Å². The van der Waals surface area contributed by atoms with Gasteiger partial charge >= 0.3 is 0 Å². The van der Waals surface area contributed by atoms with Crippen LogP contribution in [0.3, 0.4) is 0 Å². The summed E-state index contributed by atoms with van der Waals surface area (Å²) in [4.78, 5) is 2.32. The van der Waals surface area contributed by atoms with Gasteiger partial charge in [-0.2, -0.15) is 0 Å². The molecule has 0 N–H and O–H groups in total. The van der Waals surface area contributed by atoms with Crippen LogP contribution in [-0.2, 0) is 0 Å². The van der Waals surface area contributed by atoms with Crippen LogP contribution in [0.4, 0.5) is 5.69 Å². The highest BCUT2D eigenvalue weighted by molar-refractivity contribution is 5.59. The first-order valence-electron chi connectivity index (χ1n) is 8.07. The Morgan fingerprint density at radius 1 is 1.13 bits per heavy atom. The first-order chi connectivity index (χ1) is 11.2. The number of benzene rings is 2. The van der Waals surface area contributed by atoms with Gasteiger partial charge in [0, 0.05) is 0 Å². The fraction of sp³-hybridized carbons (Fsp3) is 0.300. The van der Waals surface area contributed by atoms with E-state index in [0.29, 0.717) is 6.61 Å². The van der Waals surface area contributed by atoms with E-state index >= 15 is 0 Å². The fourth-order valence-electron chi connectivity index (χ4n) is 2.73. The van der Waals surface area contributed by atoms with Crippen LogP contribution in [0, 0.1) is 0 Å². The number of rotatable bonds is 5. The molecule has 3 heteroatoms. The lowest BCUT2D eigenvalue weighted by molar-refractivity contribution is 0.288. The number of hydrogen-bond acceptors (Lipinski definition) is 3. The second-order valence-corrected chi connectivity index (χ2v) is 5.94. The molecule has 2 aromatic carbocycles. The molecule has 0 radical (unpaired) electrons. The van der Waals surface area contributed by atoms with Gasteiger partial charge in [0.05, 0.1) is 18.8 Å². The molecule has 0 unspecified atom stereocenters. The second-order valence-electron chi connectivity index (χ2n) is 5.94. The van der Waals surface area contributed by atoms with Crippen LogP contribution in [0.1, 0.15) is 19.4 Å². The summed E-state index contributed by atoms with van der Waals surface area (Å²) >= 11 is 0. The number of nitrogens with zero attached hydrogens (tertiary/aromatic N) is 1. The largest absolute Gasteiger partial charge is 0.492 e. The van der Waals surface area contributed by atoms with Gasteiger partial charge in [-0.05, 0) is 43.7 Å². The van der Waals surface area contributed by atoms with Crippen LogP contribution >= 0.6 is 0 Å². The summed E-state index contributed by atoms with van der Waals surface area (Å²) in [7, 11) is 0. The maximum Gasteiger partial charge on any atom is 0.142 e. The van der Waals surface area contributed by atoms with Crippen LogP contribution in [0.25, 0.3) is 6.08 Å². The zero-order chi connectivity index (χ0) is 16.1. The topological polar surface area (TPSA) is 21.7 Å². The first kappa shape index (κ1) is 15.5. The van der Waals surface area contributed by atoms with Crippen molar-refractivity contribution in [1.29, 1.82) is 0 Å². The molecule has 1 aliphatic heterocycles. The number of ether oxygens (including phenoxy) is 2. The minimum absolute atomic E-state index is 0.663. The Kier molecular flexibility index (Phi) is 4.86. The Morgan fingerprint density at radius 2 is 1.91 bits per heavy atom. The summed E-state index contributed by atoms with van der Waals surface area (Å²) < 4.78 is 11.6. The number of anilines is 1. The standard InChI is InChI=1S/C20H23NO2/c1-16(2)15-17-7-9-18(10-8-17)22-13-11-21-12-14-23-20-6-4-3-5-19(20)21/h3-10,15H,11-14H2,1-2H3. The molecular formula is C20H23NO2. The zero-order valence-corrected chi connectivity index (χ0v) is 13.8. The number of para-hydroxylation sites is 2. The Bertz CT molecular complexity index is 672. The van der Waals surface area contributed by atoms with Gasteiger partial charge in [0.25, 0.3) is 0 Å². The van der Waals surface area contributed by atoms with Crippen LogP contribution in [0.5, 0.6) is 11.5 Å². The van der Waals surface area contributed by atoms with E-state index in [0.717, 1.165) is 36.9 Å². The highest BCUT2D eigenvalue weighted by Gasteiger charge is 2.16. The van der Waals surface area contributed by atoms with E-state index in [9.17, 15) is 0 Å². The molecule has 0 saturated heterocycles. The maximum atomic E-state index is 5.88. The minimum Gasteiger partial charge on any atom is -0.492 e. The van der Waals surface area contributed by atoms with Crippen LogP contribution in [0.2, 0.25) is 0 Å². The van der Waals surface area contributed by atoms with Crippen molar-refractivity contribution in [3.8, 4) is 11.5 Å². The van der Waals surface area contributed by atoms with E-state index in [1.54, 1.807) is 0 Å². The summed E-state index contributed by atoms with van der Waals surface area (Å²) in [5.41, 5.74) is 3.66. The van der Waals surface area contributed by atoms with Gasteiger partial charge in [-0.15, -0.1) is 0 Å². The lowest BCUT2D eigenvalue weighted by atomic mass is 10.1. The summed E-state index contributed by atoms with van der Waals surface area (Å²) in [6.45, 7) is 7.36. The summed E-state index contributed by atoms with van der Waals surface area (Å²) in [5, 5.41) is 0. The van der Waals surface area contributed by atoms with Crippen LogP contribution < -0.4 is 14.4 Å². The van der Waals surface area contributed by atoms with Crippen molar-refractivity contribution in [3.63, 3.8) is 0 Å². The van der Waals surface area contributed by atoms with Crippen molar-refractivity contribution in [2.75, 3.05) is 31.2 Å². The van der Waals surface area contributed by atoms with Gasteiger partial charge in [0.1, 0.15) is 24.7 Å². The highest BCUT2D eigenvalue weighted by Crippen LogP contribution is 2.30. The Hall–Kier alpha value is -2.42. The smallest absolute Gasteiger partial charge is 0.142 e. The number of fused-ring (bicyclic) bond motifs is 1. The average molecular weight is 309 g/mol. The van der Waals surface area contributed by atoms with E-state index in [1.165, 1.54) is 11.1 Å². The molecule has 0 spiro atoms. The summed E-state index contributed by atoms with van der Waals surface area (Å²) in [5.74, 6) is 1.88. The molecule has 0 bridgehead atoms. The van der Waals surface area contributed by atoms with Gasteiger partial charge in [0.15, 0.2) is 0 Å². The predicted octanol–water partition coefficient (Wildman–Crippen LogP) is 4.39. The third-order valence-corrected chi connectivity index (χ3v) is 3.79. The number of hydrogen-bond donors (Lipinski definition) is 0. The molecule has 0 aromatic heterocycles. The van der Waals surface area contributed by atoms with Gasteiger partial charge in [-0.1, -0.05) is 35.9 Å². The van der Waals surface area contributed by atoms with Crippen molar-refractivity contribution < 1.29 is 9.47 Å². The van der Waals surface area contributed by atoms with E-state index in [2.05, 4.69) is 43.0 Å². The van der Waals surface area contributed by atoms with Crippen molar-refractivity contribution in [2.24, 2.45) is 0 Å². The third-order valence-electron chi connectivity index (χ3n) is 3.79. The molecule has 23 heavy (non-hydrogen) atoms. The minimum atomic E-state index is 0.663. The molecule has 1 aliphatic rings. The molecule has 0 saturated carbocycles. The first-order valence-corrected chi connectivity index (χ1v) is 8.07. The van der Waals surface area contributed by atoms with Crippen LogP contribution in [-0.4, -0.2) is 26.3 Å². The van der Waals surface area contributed by atoms with Gasteiger partial charge < -0.3 is 14.4 Å². The molecule has 0 atom stereocenters. The van der Waals surface area contributed by atoms with E-state index in [1.807, 2.05) is 30.3 Å². The van der Waals surface area contributed by atoms with Crippen LogP contribution in [0.15, 0.2) is 54.1 Å². The van der Waals surface area contributed by atoms with Crippen molar-refractivity contribution >= 4 is 11.8 Å². The molecule has 0 amide bonds. The van der Waals surface area contributed by atoms with Crippen molar-refractivity contribution in [2.45, 2.75) is 13.8 Å². The molecule has 3 rings (SSSR count). The third kappa shape index (κ3) is 4.07. The summed E-state index contributed by atoms with van der Waals surface area (Å²) in [6, 6.07) is 16.4. The monoisotopic (exact) mass is 309 g/mol. The summed E-state index contributed by atoms with van der Waals surface area (Å²) in [6.07, 6.45) is 2.16. The molecule has 3 nitrogen and oxygen atoms in total. The lowest BCUT2D eigenvalue weighted by Gasteiger charge is -2.31. The Morgan fingerprint density at radius 3 is 2.70 bits per heavy atom. The lowest BCUT2D eigenvalue weighted by Crippen LogP contribution is -2.35. The quantitative estimate of drug-likeness (QED) is 0.817. The SMILES string of the molecule is CC(C)=Cc1ccc(OCCN2CCOc3ccccc32)cc1. The molecule has 2 aromatic rings. The van der Waals surface area contributed by atoms with Crippen molar-refractivity contribution in [3.05, 3.63) is 59.7 Å². The van der Waals surface area contributed by atoms with E-state index < -0.39 is 0 Å². The zero-order valence-electron chi connectivity index (χ0n) is 13.8. The number of allylic oxidation sites excluding steroid dienone is 1. The maximum absolute atomic E-state index is 5.88. The molecule has 120 valence electrons. The average Bonchev–Trinajstić information content (AvgIpc) is 2.56. The normalized spacial score (nSPS) is 13.0.